The predicted molar refractivity (Wildman–Crippen MR) is 66.9 cm³/mol. The molecule has 0 aliphatic carbocycles. The lowest BCUT2D eigenvalue weighted by atomic mass is 10.2. The van der Waals surface area contributed by atoms with Crippen molar-refractivity contribution in [3.05, 3.63) is 35.9 Å². The molecule has 1 saturated heterocycles. The van der Waals surface area contributed by atoms with Gasteiger partial charge in [0.15, 0.2) is 11.9 Å². The minimum Gasteiger partial charge on any atom is -0.472 e. The molecule has 1 amide bonds. The zero-order valence-electron chi connectivity index (χ0n) is 11.3. The Labute approximate surface area is 115 Å². The van der Waals surface area contributed by atoms with E-state index in [4.69, 9.17) is 13.7 Å². The van der Waals surface area contributed by atoms with Crippen LogP contribution in [0.25, 0.3) is 0 Å². The fourth-order valence-electron chi connectivity index (χ4n) is 2.27. The highest BCUT2D eigenvalue weighted by molar-refractivity contribution is 5.93. The van der Waals surface area contributed by atoms with Gasteiger partial charge in [-0.05, 0) is 19.9 Å². The number of aromatic nitrogens is 2. The normalized spacial score (nSPS) is 23.0. The van der Waals surface area contributed by atoms with Crippen LogP contribution >= 0.6 is 0 Å². The molecule has 1 fully saturated rings. The molecule has 0 N–H and O–H groups in total. The van der Waals surface area contributed by atoms with Crippen LogP contribution in [-0.2, 0) is 4.74 Å². The van der Waals surface area contributed by atoms with Crippen LogP contribution in [0.2, 0.25) is 0 Å². The Balaban J connectivity index is 1.78. The predicted octanol–water partition coefficient (Wildman–Crippen LogP) is 1.57. The molecule has 0 aromatic carbocycles. The van der Waals surface area contributed by atoms with Crippen molar-refractivity contribution in [2.75, 3.05) is 13.1 Å². The number of carbonyl (C=O) groups is 1. The SMILES string of the molecule is Cc1noc([C@H]2CN(C(=O)c3ccoc3)C[C@@H](C)O2)n1. The Morgan fingerprint density at radius 3 is 2.95 bits per heavy atom. The van der Waals surface area contributed by atoms with E-state index < -0.39 is 6.10 Å². The van der Waals surface area contributed by atoms with E-state index in [9.17, 15) is 4.79 Å². The molecule has 7 heteroatoms. The molecule has 2 atom stereocenters. The number of hydrogen-bond donors (Lipinski definition) is 0. The molecule has 1 aliphatic rings. The molecule has 0 unspecified atom stereocenters. The Kier molecular flexibility index (Phi) is 3.27. The van der Waals surface area contributed by atoms with E-state index in [0.29, 0.717) is 30.4 Å². The van der Waals surface area contributed by atoms with E-state index in [2.05, 4.69) is 10.1 Å². The largest absolute Gasteiger partial charge is 0.472 e. The molecule has 0 spiro atoms. The van der Waals surface area contributed by atoms with Gasteiger partial charge < -0.3 is 18.6 Å². The number of amides is 1. The molecular weight excluding hydrogens is 262 g/mol. The van der Waals surface area contributed by atoms with Gasteiger partial charge in [-0.1, -0.05) is 5.16 Å². The van der Waals surface area contributed by atoms with Gasteiger partial charge in [-0.2, -0.15) is 4.98 Å². The molecule has 3 rings (SSSR count). The van der Waals surface area contributed by atoms with E-state index in [0.717, 1.165) is 0 Å². The number of rotatable bonds is 2. The first-order valence-corrected chi connectivity index (χ1v) is 6.40. The van der Waals surface area contributed by atoms with Gasteiger partial charge in [0.1, 0.15) is 6.26 Å². The number of hydrogen-bond acceptors (Lipinski definition) is 6. The summed E-state index contributed by atoms with van der Waals surface area (Å²) in [7, 11) is 0. The first-order chi connectivity index (χ1) is 9.63. The summed E-state index contributed by atoms with van der Waals surface area (Å²) in [6.07, 6.45) is 2.43. The van der Waals surface area contributed by atoms with Gasteiger partial charge in [0.05, 0.1) is 24.5 Å². The minimum absolute atomic E-state index is 0.0878. The van der Waals surface area contributed by atoms with Crippen molar-refractivity contribution in [1.29, 1.82) is 0 Å². The van der Waals surface area contributed by atoms with Gasteiger partial charge in [-0.15, -0.1) is 0 Å². The fraction of sp³-hybridized carbons (Fsp3) is 0.462. The molecule has 1 aliphatic heterocycles. The van der Waals surface area contributed by atoms with Gasteiger partial charge in [-0.3, -0.25) is 4.79 Å². The highest BCUT2D eigenvalue weighted by Crippen LogP contribution is 2.25. The van der Waals surface area contributed by atoms with Crippen molar-refractivity contribution >= 4 is 5.91 Å². The Hall–Kier alpha value is -2.15. The Bertz CT molecular complexity index is 593. The summed E-state index contributed by atoms with van der Waals surface area (Å²) in [6.45, 7) is 4.56. The van der Waals surface area contributed by atoms with Crippen LogP contribution in [0, 0.1) is 6.92 Å². The third-order valence-electron chi connectivity index (χ3n) is 3.13. The van der Waals surface area contributed by atoms with Gasteiger partial charge in [0, 0.05) is 6.54 Å². The second-order valence-corrected chi connectivity index (χ2v) is 4.84. The monoisotopic (exact) mass is 277 g/mol. The van der Waals surface area contributed by atoms with Crippen LogP contribution in [0.15, 0.2) is 27.5 Å². The van der Waals surface area contributed by atoms with Crippen LogP contribution in [0.5, 0.6) is 0 Å². The minimum atomic E-state index is -0.393. The van der Waals surface area contributed by atoms with E-state index in [-0.39, 0.29) is 12.0 Å². The smallest absolute Gasteiger partial charge is 0.257 e. The van der Waals surface area contributed by atoms with Gasteiger partial charge >= 0.3 is 0 Å². The maximum Gasteiger partial charge on any atom is 0.257 e. The summed E-state index contributed by atoms with van der Waals surface area (Å²) in [5.74, 6) is 0.865. The van der Waals surface area contributed by atoms with Crippen molar-refractivity contribution < 1.29 is 18.5 Å². The highest BCUT2D eigenvalue weighted by atomic mass is 16.5. The lowest BCUT2D eigenvalue weighted by Crippen LogP contribution is -2.46. The number of ether oxygens (including phenoxy) is 1. The van der Waals surface area contributed by atoms with Crippen molar-refractivity contribution in [1.82, 2.24) is 15.0 Å². The molecule has 7 nitrogen and oxygen atoms in total. The van der Waals surface area contributed by atoms with Crippen LogP contribution in [0.1, 0.15) is 35.1 Å². The number of morpholine rings is 1. The molecule has 2 aromatic heterocycles. The Morgan fingerprint density at radius 1 is 1.45 bits per heavy atom. The van der Waals surface area contributed by atoms with Crippen LogP contribution < -0.4 is 0 Å². The zero-order chi connectivity index (χ0) is 14.1. The highest BCUT2D eigenvalue weighted by Gasteiger charge is 2.33. The summed E-state index contributed by atoms with van der Waals surface area (Å²) < 4.78 is 15.8. The van der Waals surface area contributed by atoms with Crippen LogP contribution in [0.3, 0.4) is 0 Å². The average Bonchev–Trinajstić information content (AvgIpc) is 3.08. The quantitative estimate of drug-likeness (QED) is 0.828. The van der Waals surface area contributed by atoms with Gasteiger partial charge in [0.2, 0.25) is 0 Å². The first kappa shape index (κ1) is 12.9. The zero-order valence-corrected chi connectivity index (χ0v) is 11.3. The second kappa shape index (κ2) is 5.09. The number of aryl methyl sites for hydroxylation is 1. The Morgan fingerprint density at radius 2 is 2.30 bits per heavy atom. The average molecular weight is 277 g/mol. The topological polar surface area (TPSA) is 81.6 Å². The molecule has 3 heterocycles. The van der Waals surface area contributed by atoms with Crippen molar-refractivity contribution in [3.8, 4) is 0 Å². The lowest BCUT2D eigenvalue weighted by molar-refractivity contribution is -0.0810. The third-order valence-corrected chi connectivity index (χ3v) is 3.13. The molecule has 0 saturated carbocycles. The maximum atomic E-state index is 12.3. The van der Waals surface area contributed by atoms with Gasteiger partial charge in [-0.25, -0.2) is 0 Å². The first-order valence-electron chi connectivity index (χ1n) is 6.40. The molecule has 0 bridgehead atoms. The van der Waals surface area contributed by atoms with Crippen LogP contribution in [0.4, 0.5) is 0 Å². The molecule has 20 heavy (non-hydrogen) atoms. The molecule has 106 valence electrons. The molecule has 2 aromatic rings. The van der Waals surface area contributed by atoms with E-state index in [1.807, 2.05) is 6.92 Å². The molecule has 0 radical (unpaired) electrons. The van der Waals surface area contributed by atoms with Crippen LogP contribution in [-0.4, -0.2) is 40.1 Å². The standard InChI is InChI=1S/C13H15N3O4/c1-8-5-16(13(17)10-3-4-18-7-10)6-11(19-8)12-14-9(2)15-20-12/h3-4,7-8,11H,5-6H2,1-2H3/t8-,11-/m1/s1. The van der Waals surface area contributed by atoms with E-state index in [1.54, 1.807) is 17.9 Å². The summed E-state index contributed by atoms with van der Waals surface area (Å²) in [4.78, 5) is 18.2. The van der Waals surface area contributed by atoms with E-state index in [1.165, 1.54) is 12.5 Å². The summed E-state index contributed by atoms with van der Waals surface area (Å²) >= 11 is 0. The maximum absolute atomic E-state index is 12.3. The van der Waals surface area contributed by atoms with Gasteiger partial charge in [0.25, 0.3) is 11.8 Å². The third kappa shape index (κ3) is 2.44. The fourth-order valence-corrected chi connectivity index (χ4v) is 2.27. The van der Waals surface area contributed by atoms with Crippen molar-refractivity contribution in [3.63, 3.8) is 0 Å². The number of nitrogens with zero attached hydrogens (tertiary/aromatic N) is 3. The number of carbonyl (C=O) groups excluding carboxylic acids is 1. The summed E-state index contributed by atoms with van der Waals surface area (Å²) in [6, 6.07) is 1.65. The second-order valence-electron chi connectivity index (χ2n) is 4.84. The number of furan rings is 1. The summed E-state index contributed by atoms with van der Waals surface area (Å²) in [5, 5.41) is 3.75. The van der Waals surface area contributed by atoms with Crippen molar-refractivity contribution in [2.45, 2.75) is 26.1 Å². The molecular formula is C13H15N3O4. The van der Waals surface area contributed by atoms with Crippen molar-refractivity contribution in [2.24, 2.45) is 0 Å². The summed E-state index contributed by atoms with van der Waals surface area (Å²) in [5.41, 5.74) is 0.527. The lowest BCUT2D eigenvalue weighted by Gasteiger charge is -2.35. The van der Waals surface area contributed by atoms with E-state index >= 15 is 0 Å².